The van der Waals surface area contributed by atoms with Crippen molar-refractivity contribution in [1.29, 1.82) is 0 Å². The first-order chi connectivity index (χ1) is 6.18. The fourth-order valence-electron chi connectivity index (χ4n) is 2.00. The molecule has 2 aliphatic heterocycles. The Kier molecular flexibility index (Phi) is 2.07. The van der Waals surface area contributed by atoms with Gasteiger partial charge in [0.1, 0.15) is 5.78 Å². The van der Waals surface area contributed by atoms with Crippen molar-refractivity contribution in [3.05, 3.63) is 0 Å². The van der Waals surface area contributed by atoms with E-state index in [2.05, 4.69) is 0 Å². The van der Waals surface area contributed by atoms with E-state index >= 15 is 0 Å². The largest absolute Gasteiger partial charge is 0.380 e. The van der Waals surface area contributed by atoms with E-state index in [0.29, 0.717) is 26.3 Å². The number of hydrogen-bond acceptors (Lipinski definition) is 3. The molecule has 72 valence electrons. The zero-order valence-corrected chi connectivity index (χ0v) is 7.66. The zero-order valence-electron chi connectivity index (χ0n) is 7.66. The van der Waals surface area contributed by atoms with Crippen molar-refractivity contribution in [2.24, 2.45) is 11.8 Å². The summed E-state index contributed by atoms with van der Waals surface area (Å²) >= 11 is 0. The Labute approximate surface area is 76.8 Å². The van der Waals surface area contributed by atoms with Crippen molar-refractivity contribution in [2.45, 2.75) is 6.92 Å². The SMILES string of the molecule is CC(=O)N1C[C@H]2COC[C@@H](C1)C2=O. The molecule has 2 aliphatic rings. The van der Waals surface area contributed by atoms with Crippen molar-refractivity contribution in [3.63, 3.8) is 0 Å². The van der Waals surface area contributed by atoms with Crippen LogP contribution in [0.25, 0.3) is 0 Å². The molecule has 2 fully saturated rings. The first kappa shape index (κ1) is 8.69. The molecular weight excluding hydrogens is 170 g/mol. The number of nitrogens with zero attached hydrogens (tertiary/aromatic N) is 1. The van der Waals surface area contributed by atoms with Crippen molar-refractivity contribution >= 4 is 11.7 Å². The predicted molar refractivity (Wildman–Crippen MR) is 45.1 cm³/mol. The molecule has 0 aromatic rings. The van der Waals surface area contributed by atoms with Crippen LogP contribution in [0.5, 0.6) is 0 Å². The van der Waals surface area contributed by atoms with Gasteiger partial charge in [-0.15, -0.1) is 0 Å². The van der Waals surface area contributed by atoms with E-state index in [9.17, 15) is 9.59 Å². The van der Waals surface area contributed by atoms with Gasteiger partial charge in [-0.25, -0.2) is 0 Å². The van der Waals surface area contributed by atoms with Crippen LogP contribution in [0.15, 0.2) is 0 Å². The van der Waals surface area contributed by atoms with Crippen molar-refractivity contribution in [3.8, 4) is 0 Å². The van der Waals surface area contributed by atoms with Gasteiger partial charge in [0.05, 0.1) is 25.0 Å². The monoisotopic (exact) mass is 183 g/mol. The molecule has 0 aromatic heterocycles. The van der Waals surface area contributed by atoms with E-state index in [4.69, 9.17) is 4.74 Å². The molecule has 0 aliphatic carbocycles. The lowest BCUT2D eigenvalue weighted by Gasteiger charge is -2.39. The zero-order chi connectivity index (χ0) is 9.42. The molecule has 4 heteroatoms. The van der Waals surface area contributed by atoms with Gasteiger partial charge in [0, 0.05) is 20.0 Å². The minimum absolute atomic E-state index is 0.0596. The van der Waals surface area contributed by atoms with Crippen molar-refractivity contribution in [2.75, 3.05) is 26.3 Å². The number of likely N-dealkylation sites (tertiary alicyclic amines) is 1. The molecular formula is C9H13NO3. The van der Waals surface area contributed by atoms with Gasteiger partial charge in [0.15, 0.2) is 0 Å². The van der Waals surface area contributed by atoms with Crippen LogP contribution in [0, 0.1) is 11.8 Å². The molecule has 0 radical (unpaired) electrons. The average Bonchev–Trinajstić information content (AvgIpc) is 2.02. The summed E-state index contributed by atoms with van der Waals surface area (Å²) in [6.45, 7) is 3.61. The van der Waals surface area contributed by atoms with E-state index in [0.717, 1.165) is 0 Å². The maximum atomic E-state index is 11.6. The van der Waals surface area contributed by atoms with Crippen LogP contribution < -0.4 is 0 Å². The number of ether oxygens (including phenoxy) is 1. The average molecular weight is 183 g/mol. The highest BCUT2D eigenvalue weighted by Crippen LogP contribution is 2.23. The molecule has 1 amide bonds. The standard InChI is InChI=1S/C9H13NO3/c1-6(11)10-2-7-4-13-5-8(3-10)9(7)12/h7-8H,2-5H2,1H3/t7-,8+. The third kappa shape index (κ3) is 1.46. The number of ketones is 1. The Balaban J connectivity index is 2.11. The molecule has 2 rings (SSSR count). The summed E-state index contributed by atoms with van der Waals surface area (Å²) in [5, 5.41) is 0. The first-order valence-corrected chi connectivity index (χ1v) is 4.55. The van der Waals surface area contributed by atoms with E-state index in [1.54, 1.807) is 11.8 Å². The topological polar surface area (TPSA) is 46.6 Å². The maximum absolute atomic E-state index is 11.6. The number of amides is 1. The first-order valence-electron chi connectivity index (χ1n) is 4.55. The Morgan fingerprint density at radius 1 is 1.38 bits per heavy atom. The quantitative estimate of drug-likeness (QED) is 0.517. The molecule has 2 saturated heterocycles. The molecule has 4 nitrogen and oxygen atoms in total. The fraction of sp³-hybridized carbons (Fsp3) is 0.778. The summed E-state index contributed by atoms with van der Waals surface area (Å²) in [5.74, 6) is 0.195. The molecule has 0 saturated carbocycles. The second-order valence-corrected chi connectivity index (χ2v) is 3.76. The van der Waals surface area contributed by atoms with Crippen LogP contribution in [0.4, 0.5) is 0 Å². The summed E-state index contributed by atoms with van der Waals surface area (Å²) in [5.41, 5.74) is 0. The summed E-state index contributed by atoms with van der Waals surface area (Å²) in [4.78, 5) is 24.4. The second kappa shape index (κ2) is 3.10. The van der Waals surface area contributed by atoms with Crippen LogP contribution in [0.1, 0.15) is 6.92 Å². The molecule has 13 heavy (non-hydrogen) atoms. The molecule has 0 unspecified atom stereocenters. The van der Waals surface area contributed by atoms with Crippen LogP contribution in [0.2, 0.25) is 0 Å². The predicted octanol–water partition coefficient (Wildman–Crippen LogP) is -0.320. The van der Waals surface area contributed by atoms with E-state index in [1.165, 1.54) is 0 Å². The number of hydrogen-bond donors (Lipinski definition) is 0. The number of Topliss-reactive ketones (excluding diaryl/α,β-unsaturated/α-hetero) is 1. The lowest BCUT2D eigenvalue weighted by Crippen LogP contribution is -2.54. The van der Waals surface area contributed by atoms with Crippen LogP contribution in [0.3, 0.4) is 0 Å². The summed E-state index contributed by atoms with van der Waals surface area (Å²) in [6, 6.07) is 0. The van der Waals surface area contributed by atoms with Gasteiger partial charge >= 0.3 is 0 Å². The van der Waals surface area contributed by atoms with Gasteiger partial charge in [-0.1, -0.05) is 0 Å². The third-order valence-corrected chi connectivity index (χ3v) is 2.77. The lowest BCUT2D eigenvalue weighted by molar-refractivity contribution is -0.150. The van der Waals surface area contributed by atoms with Crippen LogP contribution >= 0.6 is 0 Å². The van der Waals surface area contributed by atoms with Crippen LogP contribution in [-0.4, -0.2) is 42.9 Å². The molecule has 0 spiro atoms. The molecule has 2 heterocycles. The number of piperidine rings is 1. The Morgan fingerprint density at radius 3 is 2.38 bits per heavy atom. The second-order valence-electron chi connectivity index (χ2n) is 3.76. The summed E-state index contributed by atoms with van der Waals surface area (Å²) in [7, 11) is 0. The van der Waals surface area contributed by atoms with E-state index in [1.807, 2.05) is 0 Å². The van der Waals surface area contributed by atoms with Gasteiger partial charge in [-0.05, 0) is 0 Å². The van der Waals surface area contributed by atoms with Crippen molar-refractivity contribution < 1.29 is 14.3 Å². The Morgan fingerprint density at radius 2 is 1.92 bits per heavy atom. The van der Waals surface area contributed by atoms with Gasteiger partial charge in [0.2, 0.25) is 5.91 Å². The lowest BCUT2D eigenvalue weighted by atomic mass is 9.86. The Bertz CT molecular complexity index is 235. The minimum Gasteiger partial charge on any atom is -0.380 e. The van der Waals surface area contributed by atoms with E-state index < -0.39 is 0 Å². The van der Waals surface area contributed by atoms with Gasteiger partial charge in [-0.2, -0.15) is 0 Å². The Hall–Kier alpha value is -0.900. The summed E-state index contributed by atoms with van der Waals surface area (Å²) in [6.07, 6.45) is 0. The number of carbonyl (C=O) groups is 2. The number of rotatable bonds is 0. The fourth-order valence-corrected chi connectivity index (χ4v) is 2.00. The van der Waals surface area contributed by atoms with Crippen molar-refractivity contribution in [1.82, 2.24) is 4.90 Å². The molecule has 0 N–H and O–H groups in total. The van der Waals surface area contributed by atoms with Gasteiger partial charge < -0.3 is 9.64 Å². The van der Waals surface area contributed by atoms with E-state index in [-0.39, 0.29) is 23.5 Å². The number of carbonyl (C=O) groups excluding carboxylic acids is 2. The molecule has 2 atom stereocenters. The highest BCUT2D eigenvalue weighted by atomic mass is 16.5. The smallest absolute Gasteiger partial charge is 0.219 e. The summed E-state index contributed by atoms with van der Waals surface area (Å²) < 4.78 is 5.28. The molecule has 2 bridgehead atoms. The maximum Gasteiger partial charge on any atom is 0.219 e. The van der Waals surface area contributed by atoms with Gasteiger partial charge in [0.25, 0.3) is 0 Å². The van der Waals surface area contributed by atoms with Gasteiger partial charge in [-0.3, -0.25) is 9.59 Å². The van der Waals surface area contributed by atoms with Crippen LogP contribution in [-0.2, 0) is 14.3 Å². The molecule has 0 aromatic carbocycles. The highest BCUT2D eigenvalue weighted by molar-refractivity contribution is 5.87. The normalized spacial score (nSPS) is 33.3. The highest BCUT2D eigenvalue weighted by Gasteiger charge is 2.39. The minimum atomic E-state index is -0.0728. The third-order valence-electron chi connectivity index (χ3n) is 2.77. The number of fused-ring (bicyclic) bond motifs is 2.